The highest BCUT2D eigenvalue weighted by molar-refractivity contribution is 5.91. The summed E-state index contributed by atoms with van der Waals surface area (Å²) in [5.41, 5.74) is 2.49. The second-order valence-corrected chi connectivity index (χ2v) is 7.26. The summed E-state index contributed by atoms with van der Waals surface area (Å²) in [5.74, 6) is -0.0829. The molecule has 0 saturated carbocycles. The van der Waals surface area contributed by atoms with Crippen LogP contribution in [0.2, 0.25) is 0 Å². The van der Waals surface area contributed by atoms with Crippen LogP contribution in [0, 0.1) is 11.7 Å². The van der Waals surface area contributed by atoms with E-state index < -0.39 is 6.04 Å². The van der Waals surface area contributed by atoms with Gasteiger partial charge in [0.25, 0.3) is 0 Å². The Balaban J connectivity index is 1.76. The fraction of sp³-hybridized carbons (Fsp3) is 0.364. The number of hydrogen-bond donors (Lipinski definition) is 3. The summed E-state index contributed by atoms with van der Waals surface area (Å²) in [4.78, 5) is 24.0. The van der Waals surface area contributed by atoms with Crippen LogP contribution in [-0.2, 0) is 16.0 Å². The molecule has 0 aliphatic carbocycles. The third-order valence-corrected chi connectivity index (χ3v) is 4.16. The number of hydrogen-bond acceptors (Lipinski definition) is 3. The molecule has 1 atom stereocenters. The van der Waals surface area contributed by atoms with Gasteiger partial charge in [-0.2, -0.15) is 0 Å². The summed E-state index contributed by atoms with van der Waals surface area (Å²) in [5, 5.41) is 8.86. The summed E-state index contributed by atoms with van der Waals surface area (Å²) in [6, 6.07) is 13.1. The van der Waals surface area contributed by atoms with Gasteiger partial charge in [-0.15, -0.1) is 0 Å². The zero-order valence-corrected chi connectivity index (χ0v) is 16.6. The molecule has 0 fully saturated rings. The lowest BCUT2D eigenvalue weighted by atomic mass is 10.1. The van der Waals surface area contributed by atoms with Crippen molar-refractivity contribution in [2.45, 2.75) is 39.7 Å². The Morgan fingerprint density at radius 3 is 2.14 bits per heavy atom. The number of nitrogens with one attached hydrogen (secondary N) is 3. The van der Waals surface area contributed by atoms with E-state index in [4.69, 9.17) is 0 Å². The molecular weight excluding hydrogens is 357 g/mol. The number of halogens is 1. The Morgan fingerprint density at radius 1 is 0.929 bits per heavy atom. The minimum Gasteiger partial charge on any atom is -0.374 e. The number of amides is 2. The fourth-order valence-electron chi connectivity index (χ4n) is 2.68. The summed E-state index contributed by atoms with van der Waals surface area (Å²) in [6.45, 7) is 6.26. The molecule has 2 rings (SSSR count). The van der Waals surface area contributed by atoms with Crippen LogP contribution in [-0.4, -0.2) is 24.4 Å². The molecular formula is C22H28FN3O2. The molecule has 1 unspecified atom stereocenters. The minimum absolute atomic E-state index is 0.00962. The van der Waals surface area contributed by atoms with Gasteiger partial charge in [0, 0.05) is 24.3 Å². The van der Waals surface area contributed by atoms with Crippen molar-refractivity contribution >= 4 is 23.2 Å². The maximum absolute atomic E-state index is 12.9. The molecule has 0 bridgehead atoms. The molecule has 0 aliphatic heterocycles. The SMILES string of the molecule is CC(C)CC(=O)Nc1ccc(NC(C)C(=O)NCCc2ccc(F)cc2)cc1. The van der Waals surface area contributed by atoms with E-state index in [1.165, 1.54) is 12.1 Å². The van der Waals surface area contributed by atoms with Gasteiger partial charge >= 0.3 is 0 Å². The van der Waals surface area contributed by atoms with E-state index in [1.807, 2.05) is 26.0 Å². The van der Waals surface area contributed by atoms with Crippen LogP contribution < -0.4 is 16.0 Å². The molecule has 3 N–H and O–H groups in total. The topological polar surface area (TPSA) is 70.2 Å². The van der Waals surface area contributed by atoms with E-state index in [9.17, 15) is 14.0 Å². The largest absolute Gasteiger partial charge is 0.374 e. The van der Waals surface area contributed by atoms with Crippen LogP contribution in [0.3, 0.4) is 0 Å². The van der Waals surface area contributed by atoms with Crippen molar-refractivity contribution in [2.24, 2.45) is 5.92 Å². The van der Waals surface area contributed by atoms with Crippen LogP contribution >= 0.6 is 0 Å². The highest BCUT2D eigenvalue weighted by Crippen LogP contribution is 2.15. The molecule has 0 heterocycles. The molecule has 2 amide bonds. The zero-order valence-electron chi connectivity index (χ0n) is 16.6. The van der Waals surface area contributed by atoms with Gasteiger partial charge in [-0.3, -0.25) is 9.59 Å². The van der Waals surface area contributed by atoms with E-state index in [-0.39, 0.29) is 17.6 Å². The van der Waals surface area contributed by atoms with Crippen molar-refractivity contribution < 1.29 is 14.0 Å². The van der Waals surface area contributed by atoms with Crippen LogP contribution in [0.15, 0.2) is 48.5 Å². The van der Waals surface area contributed by atoms with Gasteiger partial charge < -0.3 is 16.0 Å². The number of carbonyl (C=O) groups excluding carboxylic acids is 2. The van der Waals surface area contributed by atoms with Crippen LogP contribution in [0.4, 0.5) is 15.8 Å². The first kappa shape index (κ1) is 21.4. The minimum atomic E-state index is -0.408. The van der Waals surface area contributed by atoms with E-state index in [1.54, 1.807) is 31.2 Å². The van der Waals surface area contributed by atoms with Gasteiger partial charge in [-0.05, 0) is 61.2 Å². The predicted octanol–water partition coefficient (Wildman–Crippen LogP) is 3.97. The summed E-state index contributed by atoms with van der Waals surface area (Å²) >= 11 is 0. The molecule has 0 aliphatic rings. The normalized spacial score (nSPS) is 11.8. The first-order valence-corrected chi connectivity index (χ1v) is 9.52. The Hall–Kier alpha value is -2.89. The second kappa shape index (κ2) is 10.4. The molecule has 0 aromatic heterocycles. The van der Waals surface area contributed by atoms with E-state index in [0.29, 0.717) is 25.3 Å². The van der Waals surface area contributed by atoms with Gasteiger partial charge in [-0.25, -0.2) is 4.39 Å². The third-order valence-electron chi connectivity index (χ3n) is 4.16. The fourth-order valence-corrected chi connectivity index (χ4v) is 2.68. The van der Waals surface area contributed by atoms with Gasteiger partial charge in [0.15, 0.2) is 0 Å². The summed E-state index contributed by atoms with van der Waals surface area (Å²) < 4.78 is 12.9. The molecule has 5 nitrogen and oxygen atoms in total. The second-order valence-electron chi connectivity index (χ2n) is 7.26. The Bertz CT molecular complexity index is 773. The summed E-state index contributed by atoms with van der Waals surface area (Å²) in [6.07, 6.45) is 1.12. The lowest BCUT2D eigenvalue weighted by Crippen LogP contribution is -2.38. The highest BCUT2D eigenvalue weighted by Gasteiger charge is 2.12. The van der Waals surface area contributed by atoms with Crippen molar-refractivity contribution in [3.63, 3.8) is 0 Å². The number of rotatable bonds is 9. The number of anilines is 2. The number of benzene rings is 2. The van der Waals surface area contributed by atoms with Crippen molar-refractivity contribution in [3.05, 3.63) is 59.9 Å². The molecule has 2 aromatic rings. The van der Waals surface area contributed by atoms with Gasteiger partial charge in [-0.1, -0.05) is 26.0 Å². The van der Waals surface area contributed by atoms with Gasteiger partial charge in [0.2, 0.25) is 11.8 Å². The Morgan fingerprint density at radius 2 is 1.54 bits per heavy atom. The Labute approximate surface area is 165 Å². The van der Waals surface area contributed by atoms with Crippen LogP contribution in [0.1, 0.15) is 32.8 Å². The first-order valence-electron chi connectivity index (χ1n) is 9.52. The monoisotopic (exact) mass is 385 g/mol. The predicted molar refractivity (Wildman–Crippen MR) is 111 cm³/mol. The standard InChI is InChI=1S/C22H28FN3O2/c1-15(2)14-21(27)26-20-10-8-19(9-11-20)25-16(3)22(28)24-13-12-17-4-6-18(23)7-5-17/h4-11,15-16,25H,12-14H2,1-3H3,(H,24,28)(H,26,27). The molecule has 0 radical (unpaired) electrons. The molecule has 0 saturated heterocycles. The van der Waals surface area contributed by atoms with E-state index in [0.717, 1.165) is 16.9 Å². The van der Waals surface area contributed by atoms with Crippen LogP contribution in [0.25, 0.3) is 0 Å². The molecule has 2 aromatic carbocycles. The highest BCUT2D eigenvalue weighted by atomic mass is 19.1. The van der Waals surface area contributed by atoms with E-state index in [2.05, 4.69) is 16.0 Å². The third kappa shape index (κ3) is 7.39. The van der Waals surface area contributed by atoms with Crippen molar-refractivity contribution in [1.82, 2.24) is 5.32 Å². The smallest absolute Gasteiger partial charge is 0.242 e. The van der Waals surface area contributed by atoms with Gasteiger partial charge in [0.05, 0.1) is 0 Å². The van der Waals surface area contributed by atoms with Crippen molar-refractivity contribution in [1.29, 1.82) is 0 Å². The average molecular weight is 385 g/mol. The maximum atomic E-state index is 12.9. The van der Waals surface area contributed by atoms with Gasteiger partial charge in [0.1, 0.15) is 11.9 Å². The molecule has 28 heavy (non-hydrogen) atoms. The van der Waals surface area contributed by atoms with E-state index >= 15 is 0 Å². The Kier molecular flexibility index (Phi) is 7.99. The first-order chi connectivity index (χ1) is 13.3. The summed E-state index contributed by atoms with van der Waals surface area (Å²) in [7, 11) is 0. The molecule has 150 valence electrons. The quantitative estimate of drug-likeness (QED) is 0.612. The lowest BCUT2D eigenvalue weighted by molar-refractivity contribution is -0.121. The van der Waals surface area contributed by atoms with Crippen molar-refractivity contribution in [3.8, 4) is 0 Å². The zero-order chi connectivity index (χ0) is 20.5. The number of carbonyl (C=O) groups is 2. The lowest BCUT2D eigenvalue weighted by Gasteiger charge is -2.16. The molecule has 0 spiro atoms. The van der Waals surface area contributed by atoms with Crippen molar-refractivity contribution in [2.75, 3.05) is 17.2 Å². The average Bonchev–Trinajstić information content (AvgIpc) is 2.64. The molecule has 6 heteroatoms. The van der Waals surface area contributed by atoms with Crippen LogP contribution in [0.5, 0.6) is 0 Å². The maximum Gasteiger partial charge on any atom is 0.242 e.